The molecule has 0 heterocycles. The summed E-state index contributed by atoms with van der Waals surface area (Å²) >= 11 is 0. The second kappa shape index (κ2) is 15.1. The Hall–Kier alpha value is -0.630. The van der Waals surface area contributed by atoms with Crippen LogP contribution in [0.25, 0.3) is 0 Å². The smallest absolute Gasteiger partial charge is 0.132 e. The van der Waals surface area contributed by atoms with E-state index in [2.05, 4.69) is 54.5 Å². The molecule has 0 amide bonds. The molecule has 0 aromatic heterocycles. The summed E-state index contributed by atoms with van der Waals surface area (Å²) in [6, 6.07) is 0. The van der Waals surface area contributed by atoms with Crippen LogP contribution in [0, 0.1) is 58.2 Å². The van der Waals surface area contributed by atoms with Gasteiger partial charge in [-0.25, -0.2) is 0 Å². The van der Waals surface area contributed by atoms with Crippen molar-refractivity contribution in [2.75, 3.05) is 6.61 Å². The Bertz CT molecular complexity index is 886. The number of fused-ring (bicyclic) bond motifs is 5. The fraction of sp³-hybridized carbons (Fsp3) is 0.925. The van der Waals surface area contributed by atoms with Crippen molar-refractivity contribution in [2.45, 2.75) is 171 Å². The molecular formula is C40H70O2. The standard InChI is InChI=1S/C40H70O2/c1-28(2)14-13-15-30(5)36-19-20-37-35-18-17-33-27-34(21-23-39(33,7)38(35)22-24-40(36,37)8)42-25-12-10-9-11-16-32(31(6)41)26-29(3)4/h17,28-30,32,34-38H,9-16,18-27H2,1-8H3/t30?,32?,34-,35-,36?,37?,38?,39-,40+/m0/s1. The maximum atomic E-state index is 11.9. The Morgan fingerprint density at radius 2 is 1.62 bits per heavy atom. The van der Waals surface area contributed by atoms with E-state index in [1.165, 1.54) is 96.3 Å². The van der Waals surface area contributed by atoms with Crippen molar-refractivity contribution in [2.24, 2.45) is 58.2 Å². The summed E-state index contributed by atoms with van der Waals surface area (Å²) < 4.78 is 6.51. The minimum Gasteiger partial charge on any atom is -0.378 e. The highest BCUT2D eigenvalue weighted by Gasteiger charge is 2.59. The van der Waals surface area contributed by atoms with Gasteiger partial charge in [0.1, 0.15) is 5.78 Å². The Balaban J connectivity index is 1.22. The van der Waals surface area contributed by atoms with E-state index in [9.17, 15) is 4.79 Å². The second-order valence-corrected chi connectivity index (χ2v) is 17.2. The Labute approximate surface area is 262 Å². The number of ketones is 1. The lowest BCUT2D eigenvalue weighted by Gasteiger charge is -2.58. The van der Waals surface area contributed by atoms with Crippen molar-refractivity contribution in [3.8, 4) is 0 Å². The van der Waals surface area contributed by atoms with Crippen molar-refractivity contribution in [1.29, 1.82) is 0 Å². The Kier molecular flexibility index (Phi) is 12.3. The van der Waals surface area contributed by atoms with Crippen LogP contribution in [0.4, 0.5) is 0 Å². The average molecular weight is 583 g/mol. The molecule has 5 unspecified atom stereocenters. The maximum absolute atomic E-state index is 11.9. The zero-order valence-electron chi connectivity index (χ0n) is 29.3. The van der Waals surface area contributed by atoms with Crippen LogP contribution in [-0.4, -0.2) is 18.5 Å². The summed E-state index contributed by atoms with van der Waals surface area (Å²) in [5, 5.41) is 0. The highest BCUT2D eigenvalue weighted by atomic mass is 16.5. The normalized spacial score (nSPS) is 35.9. The van der Waals surface area contributed by atoms with Gasteiger partial charge in [-0.3, -0.25) is 4.79 Å². The summed E-state index contributed by atoms with van der Waals surface area (Å²) in [6.45, 7) is 19.9. The first-order valence-corrected chi connectivity index (χ1v) is 18.8. The van der Waals surface area contributed by atoms with Crippen LogP contribution in [0.3, 0.4) is 0 Å². The average Bonchev–Trinajstić information content (AvgIpc) is 3.28. The number of unbranched alkanes of at least 4 members (excludes halogenated alkanes) is 3. The van der Waals surface area contributed by atoms with Crippen molar-refractivity contribution in [3.05, 3.63) is 11.6 Å². The molecule has 3 saturated carbocycles. The lowest BCUT2D eigenvalue weighted by atomic mass is 9.47. The lowest BCUT2D eigenvalue weighted by Crippen LogP contribution is -2.51. The van der Waals surface area contributed by atoms with E-state index in [-0.39, 0.29) is 5.92 Å². The van der Waals surface area contributed by atoms with E-state index in [1.807, 2.05) is 0 Å². The predicted octanol–water partition coefficient (Wildman–Crippen LogP) is 11.6. The lowest BCUT2D eigenvalue weighted by molar-refractivity contribution is -0.121. The van der Waals surface area contributed by atoms with Crippen LogP contribution in [-0.2, 0) is 9.53 Å². The summed E-state index contributed by atoms with van der Waals surface area (Å²) in [6.07, 6.45) is 25.4. The quantitative estimate of drug-likeness (QED) is 0.134. The molecule has 42 heavy (non-hydrogen) atoms. The van der Waals surface area contributed by atoms with E-state index < -0.39 is 0 Å². The molecule has 0 bridgehead atoms. The van der Waals surface area contributed by atoms with Gasteiger partial charge in [-0.2, -0.15) is 0 Å². The molecule has 0 N–H and O–H groups in total. The number of hydrogen-bond donors (Lipinski definition) is 0. The molecule has 2 heteroatoms. The minimum atomic E-state index is 0.275. The third kappa shape index (κ3) is 7.95. The van der Waals surface area contributed by atoms with Gasteiger partial charge in [-0.15, -0.1) is 0 Å². The van der Waals surface area contributed by atoms with Crippen molar-refractivity contribution in [3.63, 3.8) is 0 Å². The van der Waals surface area contributed by atoms with Crippen LogP contribution in [0.15, 0.2) is 11.6 Å². The largest absolute Gasteiger partial charge is 0.378 e. The fourth-order valence-electron chi connectivity index (χ4n) is 10.9. The molecule has 0 saturated heterocycles. The molecule has 4 rings (SSSR count). The number of Topliss-reactive ketones (excluding diaryl/α,β-unsaturated/α-hetero) is 1. The molecule has 3 fully saturated rings. The van der Waals surface area contributed by atoms with E-state index in [0.717, 1.165) is 55.0 Å². The van der Waals surface area contributed by atoms with Crippen LogP contribution in [0.2, 0.25) is 0 Å². The molecule has 9 atom stereocenters. The molecule has 0 radical (unpaired) electrons. The monoisotopic (exact) mass is 583 g/mol. The van der Waals surface area contributed by atoms with E-state index in [1.54, 1.807) is 12.5 Å². The van der Waals surface area contributed by atoms with E-state index >= 15 is 0 Å². The molecule has 0 spiro atoms. The number of allylic oxidation sites excluding steroid dienone is 1. The van der Waals surface area contributed by atoms with Gasteiger partial charge in [0.15, 0.2) is 0 Å². The van der Waals surface area contributed by atoms with Gasteiger partial charge in [0.2, 0.25) is 0 Å². The fourth-order valence-corrected chi connectivity index (χ4v) is 10.9. The number of carbonyl (C=O) groups excluding carboxylic acids is 1. The summed E-state index contributed by atoms with van der Waals surface area (Å²) in [5.74, 6) is 6.75. The molecule has 0 aliphatic heterocycles. The van der Waals surface area contributed by atoms with Crippen LogP contribution in [0.1, 0.15) is 165 Å². The van der Waals surface area contributed by atoms with Gasteiger partial charge in [0.25, 0.3) is 0 Å². The zero-order chi connectivity index (χ0) is 30.5. The minimum absolute atomic E-state index is 0.275. The summed E-state index contributed by atoms with van der Waals surface area (Å²) in [7, 11) is 0. The topological polar surface area (TPSA) is 26.3 Å². The van der Waals surface area contributed by atoms with Gasteiger partial charge < -0.3 is 4.74 Å². The van der Waals surface area contributed by atoms with E-state index in [0.29, 0.717) is 28.6 Å². The van der Waals surface area contributed by atoms with Crippen molar-refractivity contribution < 1.29 is 9.53 Å². The molecule has 0 aromatic rings. The molecular weight excluding hydrogens is 512 g/mol. The summed E-state index contributed by atoms with van der Waals surface area (Å²) in [5.41, 5.74) is 2.77. The highest BCUT2D eigenvalue weighted by molar-refractivity contribution is 5.78. The highest BCUT2D eigenvalue weighted by Crippen LogP contribution is 2.67. The SMILES string of the molecule is CC(=O)C(CCCCCCO[C@H]1CC[C@@]2(C)C(=CC[C@H]3C4CCC(C(C)CCCC(C)C)[C@@]4(C)CCC32)C1)CC(C)C. The number of rotatable bonds is 16. The van der Waals surface area contributed by atoms with Crippen molar-refractivity contribution >= 4 is 5.78 Å². The molecule has 242 valence electrons. The summed E-state index contributed by atoms with van der Waals surface area (Å²) in [4.78, 5) is 11.9. The predicted molar refractivity (Wildman–Crippen MR) is 179 cm³/mol. The van der Waals surface area contributed by atoms with E-state index in [4.69, 9.17) is 4.74 Å². The number of hydrogen-bond acceptors (Lipinski definition) is 2. The maximum Gasteiger partial charge on any atom is 0.132 e. The Morgan fingerprint density at radius 3 is 2.33 bits per heavy atom. The second-order valence-electron chi connectivity index (χ2n) is 17.2. The van der Waals surface area contributed by atoms with Gasteiger partial charge in [0, 0.05) is 12.5 Å². The number of ether oxygens (including phenoxy) is 1. The van der Waals surface area contributed by atoms with Crippen LogP contribution in [0.5, 0.6) is 0 Å². The van der Waals surface area contributed by atoms with Crippen LogP contribution >= 0.6 is 0 Å². The van der Waals surface area contributed by atoms with Gasteiger partial charge in [0.05, 0.1) is 6.10 Å². The van der Waals surface area contributed by atoms with Gasteiger partial charge >= 0.3 is 0 Å². The molecule has 0 aromatic carbocycles. The van der Waals surface area contributed by atoms with Gasteiger partial charge in [-0.1, -0.05) is 98.6 Å². The molecule has 4 aliphatic rings. The first-order valence-electron chi connectivity index (χ1n) is 18.8. The Morgan fingerprint density at radius 1 is 0.857 bits per heavy atom. The molecule has 4 aliphatic carbocycles. The first-order chi connectivity index (χ1) is 20.0. The molecule has 2 nitrogen and oxygen atoms in total. The third-order valence-corrected chi connectivity index (χ3v) is 13.4. The number of carbonyl (C=O) groups is 1. The zero-order valence-corrected chi connectivity index (χ0v) is 29.3. The third-order valence-electron chi connectivity index (χ3n) is 13.4. The van der Waals surface area contributed by atoms with Crippen LogP contribution < -0.4 is 0 Å². The first kappa shape index (κ1) is 34.2. The van der Waals surface area contributed by atoms with Crippen molar-refractivity contribution in [1.82, 2.24) is 0 Å². The van der Waals surface area contributed by atoms with Gasteiger partial charge in [-0.05, 0) is 130 Å².